The highest BCUT2D eigenvalue weighted by molar-refractivity contribution is 5.90. The molecule has 1 saturated carbocycles. The Morgan fingerprint density at radius 1 is 0.912 bits per heavy atom. The van der Waals surface area contributed by atoms with E-state index in [0.29, 0.717) is 13.3 Å². The first-order valence-electron chi connectivity index (χ1n) is 12.8. The molecule has 1 atom stereocenters. The van der Waals surface area contributed by atoms with Gasteiger partial charge in [0.05, 0.1) is 6.54 Å². The smallest absolute Gasteiger partial charge is 0.231 e. The second-order valence-corrected chi connectivity index (χ2v) is 9.95. The lowest BCUT2D eigenvalue weighted by Crippen LogP contribution is -2.48. The molecule has 3 aliphatic rings. The standard InChI is InChI=1S/C28H36N2O4/c31-27(28(32,24-9-4-5-10-24)23-7-2-1-3-8-23)20-30-15-6-14-29(17-18-30)16-13-22-11-12-25-26(19-22)34-21-33-25/h1-3,7-8,11-12,19,24,32H,4-6,9-10,13-18,20-21H2. The predicted molar refractivity (Wildman–Crippen MR) is 131 cm³/mol. The monoisotopic (exact) mass is 464 g/mol. The van der Waals surface area contributed by atoms with Gasteiger partial charge in [0.25, 0.3) is 0 Å². The molecule has 0 aromatic heterocycles. The van der Waals surface area contributed by atoms with E-state index in [1.807, 2.05) is 36.4 Å². The van der Waals surface area contributed by atoms with Crippen LogP contribution < -0.4 is 9.47 Å². The van der Waals surface area contributed by atoms with Gasteiger partial charge in [-0.15, -0.1) is 0 Å². The number of nitrogens with zero attached hydrogens (tertiary/aromatic N) is 2. The van der Waals surface area contributed by atoms with Crippen LogP contribution in [0, 0.1) is 5.92 Å². The lowest BCUT2D eigenvalue weighted by atomic mass is 9.77. The van der Waals surface area contributed by atoms with Crippen LogP contribution in [0.4, 0.5) is 0 Å². The van der Waals surface area contributed by atoms with Crippen molar-refractivity contribution in [1.82, 2.24) is 9.80 Å². The highest BCUT2D eigenvalue weighted by Crippen LogP contribution is 2.41. The summed E-state index contributed by atoms with van der Waals surface area (Å²) in [4.78, 5) is 18.3. The molecule has 1 N–H and O–H groups in total. The molecule has 2 aromatic carbocycles. The van der Waals surface area contributed by atoms with E-state index in [0.717, 1.165) is 88.3 Å². The fourth-order valence-corrected chi connectivity index (χ4v) is 5.77. The minimum Gasteiger partial charge on any atom is -0.454 e. The Kier molecular flexibility index (Phi) is 7.18. The van der Waals surface area contributed by atoms with Crippen molar-refractivity contribution in [2.45, 2.75) is 44.1 Å². The fraction of sp³-hybridized carbons (Fsp3) is 0.536. The van der Waals surface area contributed by atoms with E-state index >= 15 is 0 Å². The molecule has 182 valence electrons. The van der Waals surface area contributed by atoms with Crippen LogP contribution in [0.2, 0.25) is 0 Å². The Balaban J connectivity index is 1.18. The van der Waals surface area contributed by atoms with Gasteiger partial charge in [0.2, 0.25) is 6.79 Å². The van der Waals surface area contributed by atoms with Crippen LogP contribution in [0.25, 0.3) is 0 Å². The minimum atomic E-state index is -1.37. The van der Waals surface area contributed by atoms with Crippen molar-refractivity contribution in [3.63, 3.8) is 0 Å². The molecule has 6 nitrogen and oxygen atoms in total. The normalized spacial score (nSPS) is 21.3. The topological polar surface area (TPSA) is 62.2 Å². The zero-order valence-electron chi connectivity index (χ0n) is 20.0. The van der Waals surface area contributed by atoms with Crippen molar-refractivity contribution in [1.29, 1.82) is 0 Å². The number of hydrogen-bond acceptors (Lipinski definition) is 6. The molecule has 2 heterocycles. The molecule has 2 fully saturated rings. The molecule has 2 aliphatic heterocycles. The molecule has 2 aromatic rings. The Morgan fingerprint density at radius 2 is 1.65 bits per heavy atom. The number of fused-ring (bicyclic) bond motifs is 1. The molecule has 0 bridgehead atoms. The molecule has 5 rings (SSSR count). The molecule has 34 heavy (non-hydrogen) atoms. The summed E-state index contributed by atoms with van der Waals surface area (Å²) in [6, 6.07) is 15.8. The van der Waals surface area contributed by atoms with E-state index in [1.54, 1.807) is 0 Å². The number of carbonyl (C=O) groups is 1. The van der Waals surface area contributed by atoms with Crippen molar-refractivity contribution < 1.29 is 19.4 Å². The first kappa shape index (κ1) is 23.3. The van der Waals surface area contributed by atoms with Gasteiger partial charge in [0.15, 0.2) is 22.9 Å². The van der Waals surface area contributed by atoms with Gasteiger partial charge in [0.1, 0.15) is 0 Å². The van der Waals surface area contributed by atoms with Crippen molar-refractivity contribution >= 4 is 5.78 Å². The number of Topliss-reactive ketones (excluding diaryl/α,β-unsaturated/α-hetero) is 1. The summed E-state index contributed by atoms with van der Waals surface area (Å²) >= 11 is 0. The summed E-state index contributed by atoms with van der Waals surface area (Å²) in [5.41, 5.74) is 0.639. The summed E-state index contributed by atoms with van der Waals surface area (Å²) < 4.78 is 10.9. The zero-order chi connectivity index (χ0) is 23.4. The quantitative estimate of drug-likeness (QED) is 0.644. The maximum Gasteiger partial charge on any atom is 0.231 e. The molecule has 1 saturated heterocycles. The summed E-state index contributed by atoms with van der Waals surface area (Å²) in [5.74, 6) is 1.64. The Morgan fingerprint density at radius 3 is 2.47 bits per heavy atom. The van der Waals surface area contributed by atoms with Crippen molar-refractivity contribution in [3.05, 3.63) is 59.7 Å². The summed E-state index contributed by atoms with van der Waals surface area (Å²) in [5, 5.41) is 11.8. The second-order valence-electron chi connectivity index (χ2n) is 9.95. The van der Waals surface area contributed by atoms with Crippen LogP contribution in [-0.4, -0.2) is 66.8 Å². The average Bonchev–Trinajstić information content (AvgIpc) is 3.53. The zero-order valence-corrected chi connectivity index (χ0v) is 20.0. The number of hydrogen-bond donors (Lipinski definition) is 1. The predicted octanol–water partition coefficient (Wildman–Crippen LogP) is 3.61. The van der Waals surface area contributed by atoms with Crippen molar-refractivity contribution in [2.24, 2.45) is 5.92 Å². The highest BCUT2D eigenvalue weighted by Gasteiger charge is 2.46. The van der Waals surface area contributed by atoms with Crippen LogP contribution in [0.1, 0.15) is 43.2 Å². The molecular weight excluding hydrogens is 428 g/mol. The second kappa shape index (κ2) is 10.5. The van der Waals surface area contributed by atoms with Gasteiger partial charge in [-0.2, -0.15) is 0 Å². The Bertz CT molecular complexity index is 976. The first-order valence-corrected chi connectivity index (χ1v) is 12.8. The highest BCUT2D eigenvalue weighted by atomic mass is 16.7. The lowest BCUT2D eigenvalue weighted by Gasteiger charge is -2.35. The summed E-state index contributed by atoms with van der Waals surface area (Å²) in [6.45, 7) is 5.31. The van der Waals surface area contributed by atoms with E-state index in [4.69, 9.17) is 9.47 Å². The maximum atomic E-state index is 13.6. The number of aliphatic hydroxyl groups is 1. The van der Waals surface area contributed by atoms with E-state index in [2.05, 4.69) is 21.9 Å². The Labute approximate surface area is 202 Å². The molecule has 6 heteroatoms. The molecule has 1 unspecified atom stereocenters. The average molecular weight is 465 g/mol. The van der Waals surface area contributed by atoms with Crippen LogP contribution >= 0.6 is 0 Å². The molecular formula is C28H36N2O4. The summed E-state index contributed by atoms with van der Waals surface area (Å²) in [7, 11) is 0. The van der Waals surface area contributed by atoms with Crippen LogP contribution in [0.5, 0.6) is 11.5 Å². The number of ketones is 1. The van der Waals surface area contributed by atoms with Gasteiger partial charge < -0.3 is 19.5 Å². The molecule has 0 amide bonds. The SMILES string of the molecule is O=C(CN1CCCN(CCc2ccc3c(c2)OCO3)CC1)C(O)(c1ccccc1)C1CCCC1. The summed E-state index contributed by atoms with van der Waals surface area (Å²) in [6.07, 6.45) is 6.02. The third kappa shape index (κ3) is 4.99. The number of rotatable bonds is 8. The van der Waals surface area contributed by atoms with E-state index in [-0.39, 0.29) is 11.7 Å². The molecule has 1 aliphatic carbocycles. The van der Waals surface area contributed by atoms with Crippen molar-refractivity contribution in [3.8, 4) is 11.5 Å². The van der Waals surface area contributed by atoms with E-state index in [9.17, 15) is 9.90 Å². The van der Waals surface area contributed by atoms with Crippen LogP contribution in [0.15, 0.2) is 48.5 Å². The lowest BCUT2D eigenvalue weighted by molar-refractivity contribution is -0.146. The minimum absolute atomic E-state index is 0.0209. The maximum absolute atomic E-state index is 13.6. The van der Waals surface area contributed by atoms with E-state index in [1.165, 1.54) is 5.56 Å². The Hall–Kier alpha value is -2.41. The first-order chi connectivity index (χ1) is 16.6. The van der Waals surface area contributed by atoms with Gasteiger partial charge in [-0.25, -0.2) is 0 Å². The fourth-order valence-electron chi connectivity index (χ4n) is 5.77. The number of benzene rings is 2. The number of ether oxygens (including phenoxy) is 2. The van der Waals surface area contributed by atoms with Gasteiger partial charge in [-0.3, -0.25) is 9.69 Å². The number of carbonyl (C=O) groups excluding carboxylic acids is 1. The van der Waals surface area contributed by atoms with Crippen LogP contribution in [-0.2, 0) is 16.8 Å². The van der Waals surface area contributed by atoms with Crippen molar-refractivity contribution in [2.75, 3.05) is 46.1 Å². The van der Waals surface area contributed by atoms with Gasteiger partial charge >= 0.3 is 0 Å². The van der Waals surface area contributed by atoms with Crippen LogP contribution in [0.3, 0.4) is 0 Å². The largest absolute Gasteiger partial charge is 0.454 e. The van der Waals surface area contributed by atoms with Gasteiger partial charge in [-0.1, -0.05) is 49.2 Å². The molecule has 0 radical (unpaired) electrons. The van der Waals surface area contributed by atoms with Gasteiger partial charge in [-0.05, 0) is 68.0 Å². The third-order valence-electron chi connectivity index (χ3n) is 7.79. The third-order valence-corrected chi connectivity index (χ3v) is 7.79. The van der Waals surface area contributed by atoms with Gasteiger partial charge in [0, 0.05) is 19.6 Å². The van der Waals surface area contributed by atoms with E-state index < -0.39 is 5.60 Å². The molecule has 0 spiro atoms.